The number of hydrogen-bond donors (Lipinski definition) is 1. The summed E-state index contributed by atoms with van der Waals surface area (Å²) in [5, 5.41) is 12.2. The third-order valence-electron chi connectivity index (χ3n) is 11.2. The van der Waals surface area contributed by atoms with Crippen molar-refractivity contribution in [3.8, 4) is 17.2 Å². The molecule has 2 fully saturated rings. The summed E-state index contributed by atoms with van der Waals surface area (Å²) in [6.07, 6.45) is 3.19. The predicted octanol–water partition coefficient (Wildman–Crippen LogP) is 7.34. The Hall–Kier alpha value is -4.58. The van der Waals surface area contributed by atoms with Gasteiger partial charge in [-0.3, -0.25) is 4.90 Å². The van der Waals surface area contributed by atoms with Crippen molar-refractivity contribution in [2.45, 2.75) is 50.8 Å². The van der Waals surface area contributed by atoms with Crippen molar-refractivity contribution in [2.75, 3.05) is 54.1 Å². The Bertz CT molecular complexity index is 2020. The van der Waals surface area contributed by atoms with Gasteiger partial charge in [-0.05, 0) is 110 Å². The normalized spacial score (nSPS) is 19.2. The fourth-order valence-electron chi connectivity index (χ4n) is 8.28. The number of likely N-dealkylation sites (tertiary alicyclic amines) is 2. The Balaban J connectivity index is 1.07. The molecule has 1 unspecified atom stereocenters. The van der Waals surface area contributed by atoms with Crippen LogP contribution in [0.4, 0.5) is 13.2 Å². The fourth-order valence-corrected chi connectivity index (χ4v) is 8.28. The molecule has 7 rings (SSSR count). The molecular weight excluding hydrogens is 681 g/mol. The number of imidazole rings is 1. The SMILES string of the molecule is COc1cc(CN2CCC(CCN3CCC(O)(c4nc5ccccc5n4Cc4ccc(F)cc4)CC3)(Cc3ccc(F)cc3F)C2)cc(OC)c1OC. The number of aliphatic hydroxyl groups is 1. The lowest BCUT2D eigenvalue weighted by molar-refractivity contribution is -0.0368. The van der Waals surface area contributed by atoms with E-state index < -0.39 is 17.2 Å². The lowest BCUT2D eigenvalue weighted by atomic mass is 9.77. The highest BCUT2D eigenvalue weighted by Gasteiger charge is 2.42. The first kappa shape index (κ1) is 36.8. The number of ether oxygens (including phenoxy) is 3. The van der Waals surface area contributed by atoms with E-state index in [1.54, 1.807) is 39.5 Å². The molecule has 11 heteroatoms. The molecule has 1 atom stereocenters. The molecule has 4 aromatic carbocycles. The van der Waals surface area contributed by atoms with Crippen LogP contribution in [0.25, 0.3) is 11.0 Å². The second-order valence-electron chi connectivity index (χ2n) is 14.7. The topological polar surface area (TPSA) is 72.2 Å². The molecule has 2 saturated heterocycles. The molecule has 280 valence electrons. The third-order valence-corrected chi connectivity index (χ3v) is 11.2. The van der Waals surface area contributed by atoms with Gasteiger partial charge in [-0.1, -0.05) is 30.3 Å². The van der Waals surface area contributed by atoms with Crippen molar-refractivity contribution in [3.63, 3.8) is 0 Å². The van der Waals surface area contributed by atoms with Crippen LogP contribution in [-0.4, -0.2) is 78.5 Å². The van der Waals surface area contributed by atoms with Crippen LogP contribution in [0.5, 0.6) is 17.2 Å². The molecule has 53 heavy (non-hydrogen) atoms. The van der Waals surface area contributed by atoms with Crippen LogP contribution in [0.1, 0.15) is 48.2 Å². The Labute approximate surface area is 308 Å². The van der Waals surface area contributed by atoms with Crippen LogP contribution < -0.4 is 14.2 Å². The molecule has 0 bridgehead atoms. The molecule has 8 nitrogen and oxygen atoms in total. The minimum atomic E-state index is -1.13. The average Bonchev–Trinajstić information content (AvgIpc) is 3.74. The van der Waals surface area contributed by atoms with Crippen molar-refractivity contribution in [1.82, 2.24) is 19.4 Å². The van der Waals surface area contributed by atoms with Gasteiger partial charge in [0.25, 0.3) is 0 Å². The van der Waals surface area contributed by atoms with Crippen molar-refractivity contribution < 1.29 is 32.5 Å². The molecule has 0 saturated carbocycles. The van der Waals surface area contributed by atoms with E-state index in [9.17, 15) is 13.9 Å². The van der Waals surface area contributed by atoms with Gasteiger partial charge in [0.1, 0.15) is 28.9 Å². The van der Waals surface area contributed by atoms with Gasteiger partial charge < -0.3 is 28.8 Å². The van der Waals surface area contributed by atoms with E-state index in [0.717, 1.165) is 60.7 Å². The first-order chi connectivity index (χ1) is 25.6. The van der Waals surface area contributed by atoms with Crippen molar-refractivity contribution in [1.29, 1.82) is 0 Å². The summed E-state index contributed by atoms with van der Waals surface area (Å²) in [6.45, 7) is 4.81. The smallest absolute Gasteiger partial charge is 0.203 e. The molecule has 0 radical (unpaired) electrons. The van der Waals surface area contributed by atoms with Crippen LogP contribution in [-0.2, 0) is 25.1 Å². The zero-order chi connectivity index (χ0) is 37.2. The number of hydrogen-bond acceptors (Lipinski definition) is 7. The lowest BCUT2D eigenvalue weighted by Crippen LogP contribution is -2.45. The monoisotopic (exact) mass is 728 g/mol. The summed E-state index contributed by atoms with van der Waals surface area (Å²) < 4.78 is 61.4. The van der Waals surface area contributed by atoms with Crippen molar-refractivity contribution >= 4 is 11.0 Å². The zero-order valence-electron chi connectivity index (χ0n) is 30.6. The summed E-state index contributed by atoms with van der Waals surface area (Å²) in [6, 6.07) is 22.1. The maximum Gasteiger partial charge on any atom is 0.203 e. The Morgan fingerprint density at radius 2 is 1.42 bits per heavy atom. The van der Waals surface area contributed by atoms with E-state index in [4.69, 9.17) is 19.2 Å². The number of para-hydroxylation sites is 2. The highest BCUT2D eigenvalue weighted by Crippen LogP contribution is 2.42. The average molecular weight is 729 g/mol. The van der Waals surface area contributed by atoms with Gasteiger partial charge in [-0.25, -0.2) is 18.2 Å². The Kier molecular flexibility index (Phi) is 10.7. The van der Waals surface area contributed by atoms with Crippen LogP contribution in [0, 0.1) is 22.9 Å². The Morgan fingerprint density at radius 1 is 0.736 bits per heavy atom. The number of rotatable bonds is 13. The lowest BCUT2D eigenvalue weighted by Gasteiger charge is -2.39. The number of aromatic nitrogens is 2. The molecule has 3 heterocycles. The van der Waals surface area contributed by atoms with Crippen LogP contribution in [0.15, 0.2) is 78.9 Å². The van der Waals surface area contributed by atoms with Gasteiger partial charge in [-0.15, -0.1) is 0 Å². The van der Waals surface area contributed by atoms with E-state index in [1.165, 1.54) is 18.2 Å². The van der Waals surface area contributed by atoms with E-state index in [0.29, 0.717) is 74.1 Å². The minimum absolute atomic E-state index is 0.240. The van der Waals surface area contributed by atoms with Crippen molar-refractivity contribution in [3.05, 3.63) is 119 Å². The van der Waals surface area contributed by atoms with Gasteiger partial charge in [0.05, 0.1) is 32.4 Å². The molecule has 0 amide bonds. The highest BCUT2D eigenvalue weighted by molar-refractivity contribution is 5.76. The summed E-state index contributed by atoms with van der Waals surface area (Å²) in [7, 11) is 4.79. The molecule has 0 aliphatic carbocycles. The first-order valence-corrected chi connectivity index (χ1v) is 18.2. The molecular formula is C42H47F3N4O4. The predicted molar refractivity (Wildman–Crippen MR) is 198 cm³/mol. The zero-order valence-corrected chi connectivity index (χ0v) is 30.6. The molecule has 1 N–H and O–H groups in total. The molecule has 2 aliphatic rings. The van der Waals surface area contributed by atoms with Gasteiger partial charge in [-0.2, -0.15) is 0 Å². The summed E-state index contributed by atoms with van der Waals surface area (Å²) in [4.78, 5) is 9.69. The molecule has 5 aromatic rings. The van der Waals surface area contributed by atoms with Gasteiger partial charge in [0.15, 0.2) is 11.5 Å². The van der Waals surface area contributed by atoms with E-state index in [-0.39, 0.29) is 11.2 Å². The number of halogens is 3. The number of piperidine rings is 1. The standard InChI is InChI=1S/C42H47F3N4O4/c1-51-37-22-30(23-38(52-2)39(37)53-3)26-48-19-15-41(28-48,25-31-10-13-33(44)24-34(31)45)14-18-47-20-16-42(50,17-21-47)40-46-35-6-4-5-7-36(35)49(40)27-29-8-11-32(43)12-9-29/h4-13,22-24,50H,14-21,25-28H2,1-3H3. The number of methoxy groups -OCH3 is 3. The fraction of sp³-hybridized carbons (Fsp3) is 0.405. The summed E-state index contributed by atoms with van der Waals surface area (Å²) >= 11 is 0. The minimum Gasteiger partial charge on any atom is -0.493 e. The van der Waals surface area contributed by atoms with E-state index >= 15 is 4.39 Å². The van der Waals surface area contributed by atoms with E-state index in [1.807, 2.05) is 36.4 Å². The molecule has 0 spiro atoms. The van der Waals surface area contributed by atoms with Crippen LogP contribution in [0.2, 0.25) is 0 Å². The van der Waals surface area contributed by atoms with Crippen molar-refractivity contribution in [2.24, 2.45) is 5.41 Å². The number of fused-ring (bicyclic) bond motifs is 1. The first-order valence-electron chi connectivity index (χ1n) is 18.2. The van der Waals surface area contributed by atoms with Gasteiger partial charge in [0.2, 0.25) is 5.75 Å². The number of nitrogens with zero attached hydrogens (tertiary/aromatic N) is 4. The second-order valence-corrected chi connectivity index (χ2v) is 14.7. The van der Waals surface area contributed by atoms with E-state index in [2.05, 4.69) is 14.4 Å². The third kappa shape index (κ3) is 7.88. The van der Waals surface area contributed by atoms with Gasteiger partial charge >= 0.3 is 0 Å². The van der Waals surface area contributed by atoms with Crippen LogP contribution >= 0.6 is 0 Å². The number of benzene rings is 4. The van der Waals surface area contributed by atoms with Crippen LogP contribution in [0.3, 0.4) is 0 Å². The second kappa shape index (κ2) is 15.4. The molecule has 1 aromatic heterocycles. The quantitative estimate of drug-likeness (QED) is 0.136. The maximum atomic E-state index is 15.1. The highest BCUT2D eigenvalue weighted by atomic mass is 19.1. The summed E-state index contributed by atoms with van der Waals surface area (Å²) in [5.74, 6) is 0.975. The molecule has 2 aliphatic heterocycles. The van der Waals surface area contributed by atoms with Gasteiger partial charge in [0, 0.05) is 38.8 Å². The largest absolute Gasteiger partial charge is 0.493 e. The summed E-state index contributed by atoms with van der Waals surface area (Å²) in [5.41, 5.74) is 2.84. The maximum absolute atomic E-state index is 15.1. The Morgan fingerprint density at radius 3 is 2.09 bits per heavy atom.